The average molecular weight is 499 g/mol. The van der Waals surface area contributed by atoms with Gasteiger partial charge >= 0.3 is 5.97 Å². The molecule has 182 valence electrons. The second-order valence-electron chi connectivity index (χ2n) is 8.88. The lowest BCUT2D eigenvalue weighted by Crippen LogP contribution is -2.67. The molecular formula is C29H26N2O4S. The molecule has 36 heavy (non-hydrogen) atoms. The SMILES string of the molecule is C=C[C@]1(C(=O)OC(c2ccccc2)c2ccccc2)CN2C(=O)[C@@H](NC(=O)Cc3ccccc3)[C@H]2S1. The molecule has 0 radical (unpaired) electrons. The van der Waals surface area contributed by atoms with Crippen LogP contribution >= 0.6 is 11.8 Å². The largest absolute Gasteiger partial charge is 0.451 e. The summed E-state index contributed by atoms with van der Waals surface area (Å²) in [6, 6.07) is 27.8. The molecule has 0 aromatic heterocycles. The summed E-state index contributed by atoms with van der Waals surface area (Å²) in [6.07, 6.45) is 1.15. The van der Waals surface area contributed by atoms with Crippen LogP contribution in [0.5, 0.6) is 0 Å². The number of hydrogen-bond acceptors (Lipinski definition) is 5. The predicted octanol–water partition coefficient (Wildman–Crippen LogP) is 3.89. The topological polar surface area (TPSA) is 75.7 Å². The Kier molecular flexibility index (Phi) is 6.65. The minimum atomic E-state index is -1.12. The number of hydrogen-bond donors (Lipinski definition) is 1. The number of β-lactam (4-membered cyclic amide) rings is 1. The Morgan fingerprint density at radius 1 is 1.00 bits per heavy atom. The highest BCUT2D eigenvalue weighted by molar-refractivity contribution is 8.02. The van der Waals surface area contributed by atoms with Crippen LogP contribution in [0.2, 0.25) is 0 Å². The van der Waals surface area contributed by atoms with E-state index in [4.69, 9.17) is 4.74 Å². The number of nitrogens with one attached hydrogen (secondary N) is 1. The van der Waals surface area contributed by atoms with Crippen molar-refractivity contribution >= 4 is 29.5 Å². The van der Waals surface area contributed by atoms with Crippen molar-refractivity contribution in [1.82, 2.24) is 10.2 Å². The van der Waals surface area contributed by atoms with Gasteiger partial charge in [-0.1, -0.05) is 97.1 Å². The number of carbonyl (C=O) groups excluding carboxylic acids is 3. The van der Waals surface area contributed by atoms with Gasteiger partial charge < -0.3 is 15.0 Å². The van der Waals surface area contributed by atoms with Gasteiger partial charge in [-0.2, -0.15) is 0 Å². The first-order valence-electron chi connectivity index (χ1n) is 11.8. The number of fused-ring (bicyclic) bond motifs is 1. The summed E-state index contributed by atoms with van der Waals surface area (Å²) in [5.74, 6) is -0.892. The van der Waals surface area contributed by atoms with Crippen LogP contribution in [0.3, 0.4) is 0 Å². The number of carbonyl (C=O) groups is 3. The Balaban J connectivity index is 1.31. The van der Waals surface area contributed by atoms with E-state index in [0.29, 0.717) is 0 Å². The summed E-state index contributed by atoms with van der Waals surface area (Å²) in [5, 5.41) is 2.49. The molecule has 0 saturated carbocycles. The minimum Gasteiger partial charge on any atom is -0.451 e. The smallest absolute Gasteiger partial charge is 0.329 e. The molecule has 2 saturated heterocycles. The normalized spacial score (nSPS) is 22.5. The summed E-state index contributed by atoms with van der Waals surface area (Å²) in [5.41, 5.74) is 2.57. The van der Waals surface area contributed by atoms with Crippen LogP contribution in [-0.2, 0) is 25.5 Å². The number of benzene rings is 3. The number of amides is 2. The lowest BCUT2D eigenvalue weighted by Gasteiger charge is -2.41. The van der Waals surface area contributed by atoms with Crippen molar-refractivity contribution in [1.29, 1.82) is 0 Å². The Labute approximate surface area is 214 Å². The van der Waals surface area contributed by atoms with Crippen molar-refractivity contribution in [2.75, 3.05) is 6.54 Å². The van der Waals surface area contributed by atoms with E-state index in [2.05, 4.69) is 11.9 Å². The number of thioether (sulfide) groups is 1. The van der Waals surface area contributed by atoms with Gasteiger partial charge in [0.05, 0.1) is 13.0 Å². The zero-order valence-corrected chi connectivity index (χ0v) is 20.4. The second kappa shape index (κ2) is 10.0. The van der Waals surface area contributed by atoms with Crippen molar-refractivity contribution in [2.24, 2.45) is 0 Å². The number of rotatable bonds is 8. The predicted molar refractivity (Wildman–Crippen MR) is 139 cm³/mol. The molecule has 0 spiro atoms. The fourth-order valence-electron chi connectivity index (χ4n) is 4.57. The van der Waals surface area contributed by atoms with E-state index in [9.17, 15) is 14.4 Å². The highest BCUT2D eigenvalue weighted by Gasteiger charge is 2.61. The zero-order chi connectivity index (χ0) is 25.1. The first-order chi connectivity index (χ1) is 17.5. The van der Waals surface area contributed by atoms with Gasteiger partial charge in [0.25, 0.3) is 0 Å². The molecule has 6 nitrogen and oxygen atoms in total. The maximum Gasteiger partial charge on any atom is 0.329 e. The number of nitrogens with zero attached hydrogens (tertiary/aromatic N) is 1. The van der Waals surface area contributed by atoms with Gasteiger partial charge in [0.15, 0.2) is 10.9 Å². The van der Waals surface area contributed by atoms with Crippen LogP contribution in [0.25, 0.3) is 0 Å². The monoisotopic (exact) mass is 498 g/mol. The first kappa shape index (κ1) is 23.9. The summed E-state index contributed by atoms with van der Waals surface area (Å²) >= 11 is 1.31. The van der Waals surface area contributed by atoms with Gasteiger partial charge in [0.1, 0.15) is 11.4 Å². The van der Waals surface area contributed by atoms with Crippen molar-refractivity contribution in [2.45, 2.75) is 28.7 Å². The fourth-order valence-corrected chi connectivity index (χ4v) is 6.08. The summed E-state index contributed by atoms with van der Waals surface area (Å²) in [6.45, 7) is 4.06. The van der Waals surface area contributed by atoms with Crippen molar-refractivity contribution in [3.8, 4) is 0 Å². The molecular weight excluding hydrogens is 472 g/mol. The second-order valence-corrected chi connectivity index (χ2v) is 10.3. The maximum absolute atomic E-state index is 13.6. The van der Waals surface area contributed by atoms with Crippen LogP contribution in [-0.4, -0.2) is 45.4 Å². The van der Waals surface area contributed by atoms with Crippen LogP contribution in [0.1, 0.15) is 22.8 Å². The van der Waals surface area contributed by atoms with E-state index < -0.39 is 22.9 Å². The molecule has 2 fully saturated rings. The van der Waals surface area contributed by atoms with Gasteiger partial charge in [-0.25, -0.2) is 0 Å². The standard InChI is InChI=1S/C29H26N2O4S/c1-2-29(28(34)35-25(21-14-8-4-9-15-21)22-16-10-5-11-17-22)19-31-26(33)24(27(31)36-29)30-23(32)18-20-12-6-3-7-13-20/h2-17,24-25,27H,1,18-19H2,(H,30,32)/t24-,27-,29-/m1/s1. The molecule has 2 amide bonds. The van der Waals surface area contributed by atoms with E-state index in [1.54, 1.807) is 11.0 Å². The molecule has 0 bridgehead atoms. The fraction of sp³-hybridized carbons (Fsp3) is 0.207. The number of esters is 1. The van der Waals surface area contributed by atoms with Gasteiger partial charge in [-0.15, -0.1) is 18.3 Å². The average Bonchev–Trinajstić information content (AvgIpc) is 3.29. The Morgan fingerprint density at radius 3 is 2.11 bits per heavy atom. The molecule has 0 aliphatic carbocycles. The molecule has 0 unspecified atom stereocenters. The Hall–Kier alpha value is -3.84. The van der Waals surface area contributed by atoms with Gasteiger partial charge in [0, 0.05) is 0 Å². The zero-order valence-electron chi connectivity index (χ0n) is 19.6. The number of ether oxygens (including phenoxy) is 1. The molecule has 3 aromatic carbocycles. The molecule has 2 heterocycles. The third kappa shape index (κ3) is 4.54. The van der Waals surface area contributed by atoms with Gasteiger partial charge in [-0.05, 0) is 16.7 Å². The minimum absolute atomic E-state index is 0.158. The quantitative estimate of drug-likeness (QED) is 0.290. The molecule has 5 rings (SSSR count). The van der Waals surface area contributed by atoms with Crippen LogP contribution in [0, 0.1) is 0 Å². The van der Waals surface area contributed by atoms with E-state index in [0.717, 1.165) is 16.7 Å². The molecule has 3 aromatic rings. The summed E-state index contributed by atoms with van der Waals surface area (Å²) in [4.78, 5) is 40.6. The van der Waals surface area contributed by atoms with Crippen LogP contribution in [0.15, 0.2) is 104 Å². The summed E-state index contributed by atoms with van der Waals surface area (Å²) in [7, 11) is 0. The Bertz CT molecular complexity index is 1230. The lowest BCUT2D eigenvalue weighted by atomic mass is 10.00. The molecule has 2 aliphatic heterocycles. The first-order valence-corrected chi connectivity index (χ1v) is 12.6. The molecule has 3 atom stereocenters. The van der Waals surface area contributed by atoms with Crippen molar-refractivity contribution < 1.29 is 19.1 Å². The van der Waals surface area contributed by atoms with E-state index >= 15 is 0 Å². The molecule has 1 N–H and O–H groups in total. The van der Waals surface area contributed by atoms with E-state index in [1.165, 1.54) is 11.8 Å². The van der Waals surface area contributed by atoms with Gasteiger partial charge in [0.2, 0.25) is 11.8 Å². The Morgan fingerprint density at radius 2 is 1.56 bits per heavy atom. The van der Waals surface area contributed by atoms with Gasteiger partial charge in [-0.3, -0.25) is 14.4 Å². The summed E-state index contributed by atoms with van der Waals surface area (Å²) < 4.78 is 4.98. The van der Waals surface area contributed by atoms with E-state index in [1.807, 2.05) is 91.0 Å². The van der Waals surface area contributed by atoms with Crippen LogP contribution in [0.4, 0.5) is 0 Å². The van der Waals surface area contributed by atoms with Crippen molar-refractivity contribution in [3.05, 3.63) is 120 Å². The van der Waals surface area contributed by atoms with Crippen molar-refractivity contribution in [3.63, 3.8) is 0 Å². The lowest BCUT2D eigenvalue weighted by molar-refractivity contribution is -0.152. The highest BCUT2D eigenvalue weighted by Crippen LogP contribution is 2.48. The highest BCUT2D eigenvalue weighted by atomic mass is 32.2. The molecule has 7 heteroatoms. The molecule has 2 aliphatic rings. The van der Waals surface area contributed by atoms with E-state index in [-0.39, 0.29) is 30.2 Å². The van der Waals surface area contributed by atoms with Crippen LogP contribution < -0.4 is 5.32 Å². The maximum atomic E-state index is 13.6. The third-order valence-corrected chi connectivity index (χ3v) is 8.16. The third-order valence-electron chi connectivity index (χ3n) is 6.51.